The lowest BCUT2D eigenvalue weighted by Crippen LogP contribution is -2.58. The van der Waals surface area contributed by atoms with Crippen molar-refractivity contribution in [3.8, 4) is 5.75 Å². The van der Waals surface area contributed by atoms with Crippen LogP contribution in [0, 0.1) is 0 Å². The Morgan fingerprint density at radius 3 is 1.82 bits per heavy atom. The van der Waals surface area contributed by atoms with E-state index in [4.69, 9.17) is 10.8 Å². The van der Waals surface area contributed by atoms with Crippen LogP contribution in [0.5, 0.6) is 5.75 Å². The zero-order valence-corrected chi connectivity index (χ0v) is 19.8. The minimum atomic E-state index is -1.31. The molecule has 0 saturated carbocycles. The van der Waals surface area contributed by atoms with Crippen molar-refractivity contribution >= 4 is 54.9 Å². The lowest BCUT2D eigenvalue weighted by molar-refractivity contribution is -0.141. The third-order valence-electron chi connectivity index (χ3n) is 4.63. The van der Waals surface area contributed by atoms with Gasteiger partial charge in [0, 0.05) is 24.3 Å². The normalized spacial score (nSPS) is 14.2. The number of aliphatic carboxylic acids is 2. The Bertz CT molecular complexity index is 884. The number of carbonyl (C=O) groups is 5. The van der Waals surface area contributed by atoms with E-state index in [1.54, 1.807) is 0 Å². The molecule has 14 heteroatoms. The second-order valence-corrected chi connectivity index (χ2v) is 8.03. The molecule has 0 spiro atoms. The van der Waals surface area contributed by atoms with E-state index in [0.29, 0.717) is 5.56 Å². The molecule has 3 amide bonds. The molecule has 4 atom stereocenters. The first-order valence-corrected chi connectivity index (χ1v) is 11.4. The van der Waals surface area contributed by atoms with E-state index < -0.39 is 53.8 Å². The number of phenols is 1. The summed E-state index contributed by atoms with van der Waals surface area (Å²) < 4.78 is 0. The van der Waals surface area contributed by atoms with Crippen LogP contribution < -0.4 is 21.7 Å². The van der Waals surface area contributed by atoms with Gasteiger partial charge in [0.1, 0.15) is 23.9 Å². The Labute approximate surface area is 206 Å². The van der Waals surface area contributed by atoms with E-state index in [1.165, 1.54) is 24.3 Å². The second-order valence-electron chi connectivity index (χ2n) is 7.30. The van der Waals surface area contributed by atoms with E-state index in [-0.39, 0.29) is 36.5 Å². The quantitative estimate of drug-likeness (QED) is 0.132. The van der Waals surface area contributed by atoms with Crippen molar-refractivity contribution in [1.29, 1.82) is 0 Å². The summed E-state index contributed by atoms with van der Waals surface area (Å²) in [4.78, 5) is 59.7. The third-order valence-corrected chi connectivity index (χ3v) is 5.36. The van der Waals surface area contributed by atoms with Gasteiger partial charge in [-0.3, -0.25) is 19.2 Å². The van der Waals surface area contributed by atoms with E-state index in [2.05, 4.69) is 41.2 Å². The molecule has 0 aromatic heterocycles. The first-order valence-electron chi connectivity index (χ1n) is 10.1. The highest BCUT2D eigenvalue weighted by molar-refractivity contribution is 7.80. The molecule has 0 saturated heterocycles. The standard InChI is InChI=1S/C20H28N4O8S2/c21-12(5-6-16(26)27)17(28)23-14(8-33)19(30)22-13(7-10-1-3-11(25)4-2-10)18(29)24-15(9-34)20(31)32/h1-4,12-15,25,33-34H,5-9,21H2,(H,22,30)(H,23,28)(H,24,29)(H,26,27)(H,31,32). The molecule has 0 aliphatic rings. The van der Waals surface area contributed by atoms with Crippen molar-refractivity contribution in [2.75, 3.05) is 11.5 Å². The molecule has 34 heavy (non-hydrogen) atoms. The number of amides is 3. The molecule has 1 aromatic rings. The Kier molecular flexibility index (Phi) is 12.2. The van der Waals surface area contributed by atoms with Crippen LogP contribution in [-0.2, 0) is 30.4 Å². The van der Waals surface area contributed by atoms with Gasteiger partial charge in [0.2, 0.25) is 17.7 Å². The van der Waals surface area contributed by atoms with Gasteiger partial charge in [-0.05, 0) is 24.1 Å². The minimum absolute atomic E-state index is 0.00751. The van der Waals surface area contributed by atoms with Gasteiger partial charge in [-0.25, -0.2) is 4.79 Å². The third kappa shape index (κ3) is 9.89. The Hall–Kier alpha value is -2.97. The van der Waals surface area contributed by atoms with E-state index in [0.717, 1.165) is 0 Å². The van der Waals surface area contributed by atoms with Crippen LogP contribution in [0.3, 0.4) is 0 Å². The van der Waals surface area contributed by atoms with Gasteiger partial charge in [-0.2, -0.15) is 25.3 Å². The van der Waals surface area contributed by atoms with Crippen molar-refractivity contribution in [2.24, 2.45) is 5.73 Å². The maximum atomic E-state index is 12.8. The van der Waals surface area contributed by atoms with Gasteiger partial charge >= 0.3 is 11.9 Å². The fraction of sp³-hybridized carbons (Fsp3) is 0.450. The molecule has 0 bridgehead atoms. The van der Waals surface area contributed by atoms with Crippen LogP contribution in [0.25, 0.3) is 0 Å². The zero-order chi connectivity index (χ0) is 25.8. The SMILES string of the molecule is NC(CCC(=O)O)C(=O)NC(CS)C(=O)NC(Cc1ccc(O)cc1)C(=O)NC(CS)C(=O)O. The highest BCUT2D eigenvalue weighted by atomic mass is 32.1. The summed E-state index contributed by atoms with van der Waals surface area (Å²) in [6.45, 7) is 0. The first-order chi connectivity index (χ1) is 16.0. The van der Waals surface area contributed by atoms with Crippen LogP contribution in [0.2, 0.25) is 0 Å². The predicted octanol–water partition coefficient (Wildman–Crippen LogP) is -1.47. The van der Waals surface area contributed by atoms with Crippen LogP contribution in [0.4, 0.5) is 0 Å². The van der Waals surface area contributed by atoms with Gasteiger partial charge in [0.15, 0.2) is 0 Å². The molecule has 0 fully saturated rings. The highest BCUT2D eigenvalue weighted by Crippen LogP contribution is 2.12. The number of aromatic hydroxyl groups is 1. The number of hydrogen-bond acceptors (Lipinski definition) is 9. The fourth-order valence-electron chi connectivity index (χ4n) is 2.69. The van der Waals surface area contributed by atoms with Crippen LogP contribution in [-0.4, -0.2) is 80.7 Å². The minimum Gasteiger partial charge on any atom is -0.508 e. The van der Waals surface area contributed by atoms with Gasteiger partial charge in [-0.15, -0.1) is 0 Å². The molecule has 0 aliphatic heterocycles. The Morgan fingerprint density at radius 1 is 0.824 bits per heavy atom. The summed E-state index contributed by atoms with van der Waals surface area (Å²) in [6, 6.07) is 0.894. The Balaban J connectivity index is 2.97. The van der Waals surface area contributed by atoms with Gasteiger partial charge < -0.3 is 37.0 Å². The molecular weight excluding hydrogens is 488 g/mol. The second kappa shape index (κ2) is 14.3. The maximum Gasteiger partial charge on any atom is 0.327 e. The zero-order valence-electron chi connectivity index (χ0n) is 18.0. The average Bonchev–Trinajstić information content (AvgIpc) is 2.79. The summed E-state index contributed by atoms with van der Waals surface area (Å²) in [5, 5.41) is 34.4. The number of carboxylic acids is 2. The van der Waals surface area contributed by atoms with Crippen molar-refractivity contribution < 1.29 is 39.3 Å². The van der Waals surface area contributed by atoms with Crippen LogP contribution in [0.15, 0.2) is 24.3 Å². The monoisotopic (exact) mass is 516 g/mol. The molecular formula is C20H28N4O8S2. The number of phenolic OH excluding ortho intramolecular Hbond substituents is 1. The molecule has 188 valence electrons. The summed E-state index contributed by atoms with van der Waals surface area (Å²) in [7, 11) is 0. The fourth-order valence-corrected chi connectivity index (χ4v) is 3.19. The van der Waals surface area contributed by atoms with Gasteiger partial charge in [-0.1, -0.05) is 12.1 Å². The number of thiol groups is 2. The average molecular weight is 517 g/mol. The van der Waals surface area contributed by atoms with E-state index in [9.17, 15) is 34.2 Å². The van der Waals surface area contributed by atoms with Crippen molar-refractivity contribution in [1.82, 2.24) is 16.0 Å². The van der Waals surface area contributed by atoms with E-state index >= 15 is 0 Å². The predicted molar refractivity (Wildman–Crippen MR) is 128 cm³/mol. The maximum absolute atomic E-state index is 12.8. The molecule has 1 rings (SSSR count). The van der Waals surface area contributed by atoms with Gasteiger partial charge in [0.25, 0.3) is 0 Å². The Morgan fingerprint density at radius 2 is 1.32 bits per heavy atom. The topological polar surface area (TPSA) is 208 Å². The lowest BCUT2D eigenvalue weighted by atomic mass is 10.0. The van der Waals surface area contributed by atoms with Crippen LogP contribution >= 0.6 is 25.3 Å². The summed E-state index contributed by atoms with van der Waals surface area (Å²) >= 11 is 7.93. The number of nitrogens with two attached hydrogens (primary N) is 1. The van der Waals surface area contributed by atoms with E-state index in [1.807, 2.05) is 0 Å². The van der Waals surface area contributed by atoms with Crippen molar-refractivity contribution in [3.63, 3.8) is 0 Å². The smallest absolute Gasteiger partial charge is 0.327 e. The molecule has 8 N–H and O–H groups in total. The van der Waals surface area contributed by atoms with Gasteiger partial charge in [0.05, 0.1) is 6.04 Å². The number of carboxylic acid groups (broad SMARTS) is 2. The molecule has 4 unspecified atom stereocenters. The number of nitrogens with one attached hydrogen (secondary N) is 3. The molecule has 0 radical (unpaired) electrons. The lowest BCUT2D eigenvalue weighted by Gasteiger charge is -2.24. The number of carbonyl (C=O) groups excluding carboxylic acids is 3. The number of benzene rings is 1. The molecule has 12 nitrogen and oxygen atoms in total. The number of rotatable bonds is 14. The van der Waals surface area contributed by atoms with Crippen molar-refractivity contribution in [3.05, 3.63) is 29.8 Å². The van der Waals surface area contributed by atoms with Crippen LogP contribution in [0.1, 0.15) is 18.4 Å². The number of hydrogen-bond donors (Lipinski definition) is 9. The largest absolute Gasteiger partial charge is 0.508 e. The molecule has 0 aliphatic carbocycles. The molecule has 1 aromatic carbocycles. The molecule has 0 heterocycles. The summed E-state index contributed by atoms with van der Waals surface area (Å²) in [5.41, 5.74) is 6.21. The van der Waals surface area contributed by atoms with Crippen molar-refractivity contribution in [2.45, 2.75) is 43.4 Å². The summed E-state index contributed by atoms with van der Waals surface area (Å²) in [6.07, 6.45) is -0.534. The first kappa shape index (κ1) is 29.1. The summed E-state index contributed by atoms with van der Waals surface area (Å²) in [5.74, 6) is -5.15. The highest BCUT2D eigenvalue weighted by Gasteiger charge is 2.29.